The average molecular weight is 391 g/mol. The summed E-state index contributed by atoms with van der Waals surface area (Å²) in [6.07, 6.45) is -3.12. The lowest BCUT2D eigenvalue weighted by molar-refractivity contribution is -0.137. The van der Waals surface area contributed by atoms with Crippen molar-refractivity contribution in [2.45, 2.75) is 19.6 Å². The molecule has 1 aromatic heterocycles. The van der Waals surface area contributed by atoms with Crippen molar-refractivity contribution in [3.8, 4) is 5.75 Å². The van der Waals surface area contributed by atoms with Gasteiger partial charge in [-0.3, -0.25) is 9.59 Å². The van der Waals surface area contributed by atoms with Crippen LogP contribution in [0, 0.1) is 0 Å². The Morgan fingerprint density at radius 2 is 1.96 bits per heavy atom. The van der Waals surface area contributed by atoms with Gasteiger partial charge in [-0.05, 0) is 31.2 Å². The molecule has 2 aromatic carbocycles. The number of amides is 1. The Labute approximate surface area is 157 Å². The molecule has 0 atom stereocenters. The molecule has 146 valence electrons. The van der Waals surface area contributed by atoms with Crippen molar-refractivity contribution in [3.05, 3.63) is 64.6 Å². The molecule has 0 aliphatic heterocycles. The minimum Gasteiger partial charge on any atom is -0.492 e. The number of anilines is 1. The highest BCUT2D eigenvalue weighted by atomic mass is 19.4. The van der Waals surface area contributed by atoms with Crippen LogP contribution >= 0.6 is 0 Å². The molecule has 1 N–H and O–H groups in total. The average Bonchev–Trinajstić information content (AvgIpc) is 2.65. The van der Waals surface area contributed by atoms with Crippen molar-refractivity contribution in [2.75, 3.05) is 11.9 Å². The Morgan fingerprint density at radius 3 is 2.68 bits per heavy atom. The number of carbonyl (C=O) groups excluding carboxylic acids is 1. The lowest BCUT2D eigenvalue weighted by Gasteiger charge is -2.15. The predicted molar refractivity (Wildman–Crippen MR) is 97.2 cm³/mol. The Balaban J connectivity index is 1.87. The van der Waals surface area contributed by atoms with Crippen LogP contribution in [0.5, 0.6) is 5.75 Å². The summed E-state index contributed by atoms with van der Waals surface area (Å²) < 4.78 is 45.1. The first-order valence-electron chi connectivity index (χ1n) is 8.38. The van der Waals surface area contributed by atoms with Gasteiger partial charge in [-0.1, -0.05) is 18.2 Å². The zero-order chi connectivity index (χ0) is 20.3. The number of ether oxygens (including phenoxy) is 1. The molecule has 0 bridgehead atoms. The molecule has 9 heteroatoms. The van der Waals surface area contributed by atoms with E-state index in [1.807, 2.05) is 0 Å². The summed E-state index contributed by atoms with van der Waals surface area (Å²) in [5.41, 5.74) is -1.52. The zero-order valence-electron chi connectivity index (χ0n) is 14.8. The topological polar surface area (TPSA) is 73.2 Å². The molecule has 3 rings (SSSR count). The van der Waals surface area contributed by atoms with E-state index in [4.69, 9.17) is 4.74 Å². The lowest BCUT2D eigenvalue weighted by Crippen LogP contribution is -2.29. The molecule has 1 heterocycles. The fraction of sp³-hybridized carbons (Fsp3) is 0.211. The van der Waals surface area contributed by atoms with Crippen LogP contribution in [-0.2, 0) is 17.5 Å². The largest absolute Gasteiger partial charge is 0.492 e. The maximum atomic E-state index is 13.0. The van der Waals surface area contributed by atoms with Crippen molar-refractivity contribution < 1.29 is 22.7 Å². The number of nitrogens with one attached hydrogen (secondary N) is 1. The fourth-order valence-corrected chi connectivity index (χ4v) is 2.65. The molecular formula is C19H16F3N3O3. The van der Waals surface area contributed by atoms with E-state index in [-0.39, 0.29) is 18.0 Å². The van der Waals surface area contributed by atoms with Crippen LogP contribution in [0.1, 0.15) is 12.5 Å². The number of hydrogen-bond acceptors (Lipinski definition) is 4. The summed E-state index contributed by atoms with van der Waals surface area (Å²) in [7, 11) is 0. The molecular weight excluding hydrogens is 375 g/mol. The highest BCUT2D eigenvalue weighted by Crippen LogP contribution is 2.35. The van der Waals surface area contributed by atoms with E-state index >= 15 is 0 Å². The number of aromatic nitrogens is 2. The third-order valence-electron chi connectivity index (χ3n) is 3.94. The van der Waals surface area contributed by atoms with Crippen LogP contribution in [0.25, 0.3) is 10.8 Å². The number of carbonyl (C=O) groups is 1. The summed E-state index contributed by atoms with van der Waals surface area (Å²) in [4.78, 5) is 24.8. The molecule has 28 heavy (non-hydrogen) atoms. The maximum absolute atomic E-state index is 13.0. The quantitative estimate of drug-likeness (QED) is 0.723. The number of fused-ring (bicyclic) bond motifs is 1. The number of rotatable bonds is 5. The summed E-state index contributed by atoms with van der Waals surface area (Å²) >= 11 is 0. The summed E-state index contributed by atoms with van der Waals surface area (Å²) in [5, 5.41) is 7.32. The molecule has 0 fully saturated rings. The number of hydrogen-bond donors (Lipinski definition) is 1. The van der Waals surface area contributed by atoms with E-state index < -0.39 is 29.8 Å². The highest BCUT2D eigenvalue weighted by molar-refractivity contribution is 5.92. The van der Waals surface area contributed by atoms with Gasteiger partial charge in [0.05, 0.1) is 29.4 Å². The van der Waals surface area contributed by atoms with Gasteiger partial charge < -0.3 is 10.1 Å². The van der Waals surface area contributed by atoms with E-state index in [0.29, 0.717) is 10.8 Å². The van der Waals surface area contributed by atoms with Crippen molar-refractivity contribution in [3.63, 3.8) is 0 Å². The second-order valence-electron chi connectivity index (χ2n) is 5.88. The maximum Gasteiger partial charge on any atom is 0.416 e. The van der Waals surface area contributed by atoms with Gasteiger partial charge in [0.1, 0.15) is 12.3 Å². The molecule has 0 saturated carbocycles. The van der Waals surface area contributed by atoms with Crippen molar-refractivity contribution in [2.24, 2.45) is 0 Å². The molecule has 0 aliphatic rings. The molecule has 0 unspecified atom stereocenters. The normalized spacial score (nSPS) is 11.4. The van der Waals surface area contributed by atoms with E-state index in [2.05, 4.69) is 10.4 Å². The first-order chi connectivity index (χ1) is 13.3. The van der Waals surface area contributed by atoms with Gasteiger partial charge in [0.2, 0.25) is 5.91 Å². The zero-order valence-corrected chi connectivity index (χ0v) is 14.8. The van der Waals surface area contributed by atoms with Crippen LogP contribution in [0.15, 0.2) is 53.5 Å². The van der Waals surface area contributed by atoms with Crippen molar-refractivity contribution >= 4 is 22.4 Å². The van der Waals surface area contributed by atoms with E-state index in [1.54, 1.807) is 31.2 Å². The molecule has 1 amide bonds. The number of alkyl halides is 3. The monoisotopic (exact) mass is 391 g/mol. The minimum atomic E-state index is -4.57. The molecule has 3 aromatic rings. The molecule has 0 spiro atoms. The van der Waals surface area contributed by atoms with Gasteiger partial charge in [0.15, 0.2) is 0 Å². The number of halogens is 3. The van der Waals surface area contributed by atoms with Crippen molar-refractivity contribution in [1.82, 2.24) is 9.78 Å². The second-order valence-corrected chi connectivity index (χ2v) is 5.88. The number of nitrogens with zero attached hydrogens (tertiary/aromatic N) is 2. The van der Waals surface area contributed by atoms with Gasteiger partial charge >= 0.3 is 6.18 Å². The summed E-state index contributed by atoms with van der Waals surface area (Å²) in [5.74, 6) is -0.604. The lowest BCUT2D eigenvalue weighted by atomic mass is 10.1. The van der Waals surface area contributed by atoms with E-state index in [0.717, 1.165) is 22.9 Å². The van der Waals surface area contributed by atoms with Gasteiger partial charge in [0.25, 0.3) is 5.56 Å². The van der Waals surface area contributed by atoms with Gasteiger partial charge in [-0.2, -0.15) is 18.3 Å². The predicted octanol–water partition coefficient (Wildman–Crippen LogP) is 3.45. The summed E-state index contributed by atoms with van der Waals surface area (Å²) in [6, 6.07) is 9.56. The SMILES string of the molecule is CCOc1ccc(C(F)(F)F)cc1NC(=O)Cn1ncc2ccccc2c1=O. The van der Waals surface area contributed by atoms with Gasteiger partial charge in [0, 0.05) is 5.39 Å². The van der Waals surface area contributed by atoms with E-state index in [9.17, 15) is 22.8 Å². The van der Waals surface area contributed by atoms with Gasteiger partial charge in [-0.15, -0.1) is 0 Å². The molecule has 6 nitrogen and oxygen atoms in total. The Morgan fingerprint density at radius 1 is 1.21 bits per heavy atom. The molecule has 0 saturated heterocycles. The number of benzene rings is 2. The van der Waals surface area contributed by atoms with Crippen molar-refractivity contribution in [1.29, 1.82) is 0 Å². The Bertz CT molecular complexity index is 1080. The fourth-order valence-electron chi connectivity index (χ4n) is 2.65. The molecule has 0 radical (unpaired) electrons. The third-order valence-corrected chi connectivity index (χ3v) is 3.94. The van der Waals surface area contributed by atoms with Crippen LogP contribution in [0.3, 0.4) is 0 Å². The minimum absolute atomic E-state index is 0.0997. The van der Waals surface area contributed by atoms with E-state index in [1.165, 1.54) is 6.20 Å². The third kappa shape index (κ3) is 4.13. The summed E-state index contributed by atoms with van der Waals surface area (Å²) in [6.45, 7) is 1.42. The Kier molecular flexibility index (Phi) is 5.34. The van der Waals surface area contributed by atoms with Crippen LogP contribution in [0.4, 0.5) is 18.9 Å². The van der Waals surface area contributed by atoms with Crippen LogP contribution in [0.2, 0.25) is 0 Å². The first kappa shape index (κ1) is 19.4. The van der Waals surface area contributed by atoms with Gasteiger partial charge in [-0.25, -0.2) is 4.68 Å². The van der Waals surface area contributed by atoms with Crippen LogP contribution < -0.4 is 15.6 Å². The first-order valence-corrected chi connectivity index (χ1v) is 8.38. The standard InChI is InChI=1S/C19H16F3N3O3/c1-2-28-16-8-7-13(19(20,21)22)9-15(16)24-17(26)11-25-18(27)14-6-4-3-5-12(14)10-23-25/h3-10H,2,11H2,1H3,(H,24,26). The molecule has 0 aliphatic carbocycles. The smallest absolute Gasteiger partial charge is 0.416 e. The Hall–Kier alpha value is -3.36. The highest BCUT2D eigenvalue weighted by Gasteiger charge is 2.31. The second kappa shape index (κ2) is 7.71. The van der Waals surface area contributed by atoms with Crippen LogP contribution in [-0.4, -0.2) is 22.3 Å².